The molecule has 1 N–H and O–H groups in total. The van der Waals surface area contributed by atoms with Crippen molar-refractivity contribution in [3.05, 3.63) is 65.5 Å². The number of benzene rings is 2. The summed E-state index contributed by atoms with van der Waals surface area (Å²) in [4.78, 5) is 1.71. The van der Waals surface area contributed by atoms with E-state index in [0.29, 0.717) is 17.9 Å². The fourth-order valence-corrected chi connectivity index (χ4v) is 2.45. The summed E-state index contributed by atoms with van der Waals surface area (Å²) in [6, 6.07) is 12.6. The minimum Gasteiger partial charge on any atom is -0.344 e. The number of hydrogen-bond donors (Lipinski definition) is 1. The second kappa shape index (κ2) is 6.31. The molecule has 0 saturated carbocycles. The summed E-state index contributed by atoms with van der Waals surface area (Å²) >= 11 is 0. The van der Waals surface area contributed by atoms with Crippen LogP contribution in [0.15, 0.2) is 48.5 Å². The Balaban J connectivity index is 1.94. The first kappa shape index (κ1) is 16.0. The van der Waals surface area contributed by atoms with E-state index >= 15 is 0 Å². The fraction of sp³-hybridized carbons (Fsp3) is 0.188. The van der Waals surface area contributed by atoms with Gasteiger partial charge in [-0.15, -0.1) is 10.2 Å². The minimum atomic E-state index is -4.37. The first-order valence-electron chi connectivity index (χ1n) is 7.16. The van der Waals surface area contributed by atoms with Crippen molar-refractivity contribution in [3.8, 4) is 0 Å². The van der Waals surface area contributed by atoms with Crippen LogP contribution in [0, 0.1) is 0 Å². The first-order valence-corrected chi connectivity index (χ1v) is 7.16. The van der Waals surface area contributed by atoms with Gasteiger partial charge in [0.2, 0.25) is 0 Å². The zero-order valence-corrected chi connectivity index (χ0v) is 12.7. The zero-order chi connectivity index (χ0) is 17.2. The number of para-hydroxylation sites is 1. The van der Waals surface area contributed by atoms with E-state index in [4.69, 9.17) is 0 Å². The van der Waals surface area contributed by atoms with Crippen LogP contribution in [0.3, 0.4) is 0 Å². The van der Waals surface area contributed by atoms with Gasteiger partial charge in [0.25, 0.3) is 0 Å². The van der Waals surface area contributed by atoms with Gasteiger partial charge in [-0.25, -0.2) is 0 Å². The maximum atomic E-state index is 12.9. The van der Waals surface area contributed by atoms with Crippen LogP contribution in [0.5, 0.6) is 0 Å². The second-order valence-corrected chi connectivity index (χ2v) is 5.24. The minimum absolute atomic E-state index is 0.427. The van der Waals surface area contributed by atoms with Crippen LogP contribution in [0.25, 0.3) is 0 Å². The van der Waals surface area contributed by atoms with E-state index in [1.54, 1.807) is 18.0 Å². The highest BCUT2D eigenvalue weighted by Crippen LogP contribution is 2.34. The SMILES string of the molecule is CN(c1cccc(C(F)(F)F)c1)c1ccccc1Cc1nn[nH]n1. The van der Waals surface area contributed by atoms with Gasteiger partial charge in [-0.05, 0) is 29.8 Å². The van der Waals surface area contributed by atoms with E-state index < -0.39 is 11.7 Å². The lowest BCUT2D eigenvalue weighted by atomic mass is 10.1. The number of hydrogen-bond acceptors (Lipinski definition) is 4. The number of nitrogens with zero attached hydrogens (tertiary/aromatic N) is 4. The molecule has 2 aromatic carbocycles. The molecule has 0 amide bonds. The van der Waals surface area contributed by atoms with Crippen molar-refractivity contribution in [2.75, 3.05) is 11.9 Å². The third-order valence-corrected chi connectivity index (χ3v) is 3.65. The van der Waals surface area contributed by atoms with Crippen molar-refractivity contribution in [1.82, 2.24) is 20.6 Å². The Morgan fingerprint density at radius 3 is 2.58 bits per heavy atom. The Bertz CT molecular complexity index is 815. The molecule has 8 heteroatoms. The number of alkyl halides is 3. The van der Waals surface area contributed by atoms with Crippen molar-refractivity contribution in [3.63, 3.8) is 0 Å². The molecule has 5 nitrogen and oxygen atoms in total. The van der Waals surface area contributed by atoms with Crippen LogP contribution in [-0.2, 0) is 12.6 Å². The van der Waals surface area contributed by atoms with Crippen LogP contribution in [0.4, 0.5) is 24.5 Å². The molecule has 0 spiro atoms. The molecule has 24 heavy (non-hydrogen) atoms. The van der Waals surface area contributed by atoms with Crippen LogP contribution in [-0.4, -0.2) is 27.7 Å². The lowest BCUT2D eigenvalue weighted by Crippen LogP contribution is -2.14. The van der Waals surface area contributed by atoms with Gasteiger partial charge in [-0.3, -0.25) is 0 Å². The molecule has 0 unspecified atom stereocenters. The quantitative estimate of drug-likeness (QED) is 0.793. The van der Waals surface area contributed by atoms with Gasteiger partial charge < -0.3 is 4.90 Å². The monoisotopic (exact) mass is 333 g/mol. The fourth-order valence-electron chi connectivity index (χ4n) is 2.45. The van der Waals surface area contributed by atoms with E-state index in [0.717, 1.165) is 23.4 Å². The van der Waals surface area contributed by atoms with Crippen LogP contribution >= 0.6 is 0 Å². The molecule has 0 aliphatic rings. The highest BCUT2D eigenvalue weighted by Gasteiger charge is 2.30. The van der Waals surface area contributed by atoms with Crippen LogP contribution in [0.2, 0.25) is 0 Å². The maximum Gasteiger partial charge on any atom is 0.416 e. The number of anilines is 2. The van der Waals surface area contributed by atoms with Gasteiger partial charge in [0.15, 0.2) is 5.82 Å². The second-order valence-electron chi connectivity index (χ2n) is 5.24. The zero-order valence-electron chi connectivity index (χ0n) is 12.7. The number of nitrogens with one attached hydrogen (secondary N) is 1. The Morgan fingerprint density at radius 1 is 1.08 bits per heavy atom. The average Bonchev–Trinajstić information content (AvgIpc) is 3.07. The lowest BCUT2D eigenvalue weighted by Gasteiger charge is -2.23. The molecule has 0 aliphatic heterocycles. The molecule has 1 aromatic heterocycles. The molecule has 1 heterocycles. The number of aromatic amines is 1. The maximum absolute atomic E-state index is 12.9. The van der Waals surface area contributed by atoms with E-state index in [9.17, 15) is 13.2 Å². The molecule has 0 saturated heterocycles. The van der Waals surface area contributed by atoms with Crippen molar-refractivity contribution < 1.29 is 13.2 Å². The van der Waals surface area contributed by atoms with E-state index in [-0.39, 0.29) is 0 Å². The summed E-state index contributed by atoms with van der Waals surface area (Å²) < 4.78 is 38.8. The summed E-state index contributed by atoms with van der Waals surface area (Å²) in [6.07, 6.45) is -3.95. The van der Waals surface area contributed by atoms with Crippen molar-refractivity contribution in [1.29, 1.82) is 0 Å². The smallest absolute Gasteiger partial charge is 0.344 e. The summed E-state index contributed by atoms with van der Waals surface area (Å²) in [7, 11) is 1.73. The Kier molecular flexibility index (Phi) is 4.20. The summed E-state index contributed by atoms with van der Waals surface area (Å²) in [5.41, 5.74) is 1.44. The molecule has 0 fully saturated rings. The van der Waals surface area contributed by atoms with Gasteiger partial charge in [0.05, 0.1) is 5.56 Å². The van der Waals surface area contributed by atoms with E-state index in [1.165, 1.54) is 6.07 Å². The number of H-pyrrole nitrogens is 1. The number of aromatic nitrogens is 4. The molecular weight excluding hydrogens is 319 g/mol. The highest BCUT2D eigenvalue weighted by atomic mass is 19.4. The third kappa shape index (κ3) is 3.37. The Hall–Kier alpha value is -2.90. The third-order valence-electron chi connectivity index (χ3n) is 3.65. The topological polar surface area (TPSA) is 57.7 Å². The Morgan fingerprint density at radius 2 is 1.88 bits per heavy atom. The normalized spacial score (nSPS) is 11.5. The van der Waals surface area contributed by atoms with Crippen LogP contribution in [0.1, 0.15) is 17.0 Å². The standard InChI is InChI=1S/C16H14F3N5/c1-24(13-7-4-6-12(10-13)16(17,18)19)14-8-3-2-5-11(14)9-15-20-22-23-21-15/h2-8,10H,9H2,1H3,(H,20,21,22,23). The van der Waals surface area contributed by atoms with E-state index in [2.05, 4.69) is 20.6 Å². The van der Waals surface area contributed by atoms with Gasteiger partial charge in [0, 0.05) is 24.8 Å². The molecule has 3 rings (SSSR count). The van der Waals surface area contributed by atoms with Crippen molar-refractivity contribution in [2.24, 2.45) is 0 Å². The average molecular weight is 333 g/mol. The molecule has 124 valence electrons. The molecule has 0 bridgehead atoms. The molecular formula is C16H14F3N5. The molecule has 0 aliphatic carbocycles. The summed E-state index contributed by atoms with van der Waals surface area (Å²) in [5.74, 6) is 0.514. The predicted molar refractivity (Wildman–Crippen MR) is 82.9 cm³/mol. The van der Waals surface area contributed by atoms with E-state index in [1.807, 2.05) is 24.3 Å². The van der Waals surface area contributed by atoms with Crippen molar-refractivity contribution >= 4 is 11.4 Å². The largest absolute Gasteiger partial charge is 0.416 e. The summed E-state index contributed by atoms with van der Waals surface area (Å²) in [6.45, 7) is 0. The summed E-state index contributed by atoms with van der Waals surface area (Å²) in [5, 5.41) is 13.7. The number of rotatable bonds is 4. The predicted octanol–water partition coefficient (Wildman–Crippen LogP) is 3.58. The molecule has 0 radical (unpaired) electrons. The van der Waals surface area contributed by atoms with Crippen LogP contribution < -0.4 is 4.90 Å². The molecule has 3 aromatic rings. The number of halogens is 3. The van der Waals surface area contributed by atoms with Gasteiger partial charge in [-0.2, -0.15) is 18.4 Å². The van der Waals surface area contributed by atoms with Gasteiger partial charge >= 0.3 is 6.18 Å². The lowest BCUT2D eigenvalue weighted by molar-refractivity contribution is -0.137. The number of tetrazole rings is 1. The van der Waals surface area contributed by atoms with Gasteiger partial charge in [-0.1, -0.05) is 29.5 Å². The highest BCUT2D eigenvalue weighted by molar-refractivity contribution is 5.66. The van der Waals surface area contributed by atoms with Crippen molar-refractivity contribution in [2.45, 2.75) is 12.6 Å². The molecule has 0 atom stereocenters. The Labute approximate surface area is 136 Å². The first-order chi connectivity index (χ1) is 11.4. The van der Waals surface area contributed by atoms with Gasteiger partial charge in [0.1, 0.15) is 0 Å².